The lowest BCUT2D eigenvalue weighted by Crippen LogP contribution is -1.99. The summed E-state index contributed by atoms with van der Waals surface area (Å²) in [6, 6.07) is 9.92. The molecule has 0 amide bonds. The first-order chi connectivity index (χ1) is 9.63. The van der Waals surface area contributed by atoms with Crippen LogP contribution >= 0.6 is 27.5 Å². The predicted molar refractivity (Wildman–Crippen MR) is 81.4 cm³/mol. The highest BCUT2D eigenvalue weighted by atomic mass is 79.9. The van der Waals surface area contributed by atoms with Crippen molar-refractivity contribution in [2.24, 2.45) is 0 Å². The normalized spacial score (nSPS) is 10.4. The zero-order valence-corrected chi connectivity index (χ0v) is 13.2. The SMILES string of the molecule is COc1cc(CBr)ccc1OCc1ccc(F)cc1Cl. The molecule has 0 radical (unpaired) electrons. The van der Waals surface area contributed by atoms with Crippen molar-refractivity contribution in [3.8, 4) is 11.5 Å². The van der Waals surface area contributed by atoms with Crippen molar-refractivity contribution in [2.75, 3.05) is 7.11 Å². The van der Waals surface area contributed by atoms with E-state index in [4.69, 9.17) is 21.1 Å². The zero-order chi connectivity index (χ0) is 14.5. The van der Waals surface area contributed by atoms with Crippen molar-refractivity contribution < 1.29 is 13.9 Å². The number of hydrogen-bond donors (Lipinski definition) is 0. The molecule has 0 aliphatic heterocycles. The van der Waals surface area contributed by atoms with Gasteiger partial charge in [-0.05, 0) is 29.8 Å². The third kappa shape index (κ3) is 3.64. The Balaban J connectivity index is 2.14. The number of ether oxygens (including phenoxy) is 2. The maximum Gasteiger partial charge on any atom is 0.161 e. The lowest BCUT2D eigenvalue weighted by molar-refractivity contribution is 0.284. The average Bonchev–Trinajstić information content (AvgIpc) is 2.46. The van der Waals surface area contributed by atoms with E-state index in [-0.39, 0.29) is 12.4 Å². The molecule has 0 aromatic heterocycles. The second kappa shape index (κ2) is 6.95. The molecule has 0 unspecified atom stereocenters. The van der Waals surface area contributed by atoms with Crippen LogP contribution in [0.25, 0.3) is 0 Å². The van der Waals surface area contributed by atoms with Crippen LogP contribution in [0.4, 0.5) is 4.39 Å². The van der Waals surface area contributed by atoms with Crippen molar-refractivity contribution in [1.29, 1.82) is 0 Å². The van der Waals surface area contributed by atoms with E-state index in [9.17, 15) is 4.39 Å². The lowest BCUT2D eigenvalue weighted by Gasteiger charge is -2.12. The van der Waals surface area contributed by atoms with Crippen molar-refractivity contribution in [3.63, 3.8) is 0 Å². The van der Waals surface area contributed by atoms with Gasteiger partial charge >= 0.3 is 0 Å². The summed E-state index contributed by atoms with van der Waals surface area (Å²) in [5.74, 6) is 0.913. The van der Waals surface area contributed by atoms with Crippen LogP contribution in [0.1, 0.15) is 11.1 Å². The molecule has 0 saturated heterocycles. The molecule has 2 rings (SSSR count). The molecule has 106 valence electrons. The quantitative estimate of drug-likeness (QED) is 0.702. The fraction of sp³-hybridized carbons (Fsp3) is 0.200. The molecule has 2 aromatic carbocycles. The minimum absolute atomic E-state index is 0.253. The Labute approximate surface area is 130 Å². The minimum Gasteiger partial charge on any atom is -0.493 e. The van der Waals surface area contributed by atoms with Gasteiger partial charge in [-0.25, -0.2) is 4.39 Å². The van der Waals surface area contributed by atoms with Gasteiger partial charge in [0, 0.05) is 10.9 Å². The molecule has 2 nitrogen and oxygen atoms in total. The summed E-state index contributed by atoms with van der Waals surface area (Å²) in [7, 11) is 1.59. The summed E-state index contributed by atoms with van der Waals surface area (Å²) in [4.78, 5) is 0. The van der Waals surface area contributed by atoms with Crippen molar-refractivity contribution in [3.05, 3.63) is 58.4 Å². The summed E-state index contributed by atoms with van der Waals surface area (Å²) in [5, 5.41) is 1.09. The third-order valence-electron chi connectivity index (χ3n) is 2.78. The molecule has 5 heteroatoms. The highest BCUT2D eigenvalue weighted by Gasteiger charge is 2.08. The summed E-state index contributed by atoms with van der Waals surface area (Å²) >= 11 is 9.35. The molecule has 0 N–H and O–H groups in total. The highest BCUT2D eigenvalue weighted by molar-refractivity contribution is 9.08. The van der Waals surface area contributed by atoms with Crippen LogP contribution in [0, 0.1) is 5.82 Å². The number of benzene rings is 2. The molecule has 0 aliphatic rings. The zero-order valence-electron chi connectivity index (χ0n) is 10.8. The lowest BCUT2D eigenvalue weighted by atomic mass is 10.2. The van der Waals surface area contributed by atoms with E-state index in [1.165, 1.54) is 12.1 Å². The summed E-state index contributed by atoms with van der Waals surface area (Å²) in [6.07, 6.45) is 0. The van der Waals surface area contributed by atoms with E-state index >= 15 is 0 Å². The van der Waals surface area contributed by atoms with Gasteiger partial charge in [0.1, 0.15) is 12.4 Å². The number of hydrogen-bond acceptors (Lipinski definition) is 2. The molecule has 0 atom stereocenters. The van der Waals surface area contributed by atoms with Gasteiger partial charge in [-0.2, -0.15) is 0 Å². The van der Waals surface area contributed by atoms with Crippen molar-refractivity contribution in [2.45, 2.75) is 11.9 Å². The standard InChI is InChI=1S/C15H13BrClFO2/c1-19-15-6-10(8-16)2-5-14(15)20-9-11-3-4-12(18)7-13(11)17/h2-7H,8-9H2,1H3. The first kappa shape index (κ1) is 15.1. The van der Waals surface area contributed by atoms with E-state index in [2.05, 4.69) is 15.9 Å². The van der Waals surface area contributed by atoms with Crippen LogP contribution in [-0.4, -0.2) is 7.11 Å². The fourth-order valence-electron chi connectivity index (χ4n) is 1.71. The van der Waals surface area contributed by atoms with Crippen LogP contribution < -0.4 is 9.47 Å². The molecule has 0 bridgehead atoms. The van der Waals surface area contributed by atoms with E-state index in [0.717, 1.165) is 16.5 Å². The largest absolute Gasteiger partial charge is 0.493 e. The number of alkyl halides is 1. The van der Waals surface area contributed by atoms with E-state index in [1.54, 1.807) is 13.2 Å². The van der Waals surface area contributed by atoms with Gasteiger partial charge in [0.2, 0.25) is 0 Å². The van der Waals surface area contributed by atoms with Crippen molar-refractivity contribution in [1.82, 2.24) is 0 Å². The molecule has 0 spiro atoms. The molecule has 0 heterocycles. The summed E-state index contributed by atoms with van der Waals surface area (Å²) < 4.78 is 23.9. The van der Waals surface area contributed by atoms with Crippen LogP contribution in [0.2, 0.25) is 5.02 Å². The second-order valence-electron chi connectivity index (χ2n) is 4.14. The van der Waals surface area contributed by atoms with E-state index < -0.39 is 0 Å². The van der Waals surface area contributed by atoms with Crippen molar-refractivity contribution >= 4 is 27.5 Å². The van der Waals surface area contributed by atoms with Gasteiger partial charge in [-0.3, -0.25) is 0 Å². The topological polar surface area (TPSA) is 18.5 Å². The molecule has 0 fully saturated rings. The third-order valence-corrected chi connectivity index (χ3v) is 3.78. The van der Waals surface area contributed by atoms with Crippen LogP contribution in [0.5, 0.6) is 11.5 Å². The molecule has 2 aromatic rings. The number of halogens is 3. The maximum absolute atomic E-state index is 13.0. The van der Waals surface area contributed by atoms with Gasteiger partial charge in [-0.1, -0.05) is 39.7 Å². The molecule has 20 heavy (non-hydrogen) atoms. The molecular weight excluding hydrogens is 347 g/mol. The van der Waals surface area contributed by atoms with Crippen LogP contribution in [0.15, 0.2) is 36.4 Å². The number of methoxy groups -OCH3 is 1. The average molecular weight is 360 g/mol. The molecule has 0 saturated carbocycles. The first-order valence-corrected chi connectivity index (χ1v) is 7.43. The van der Waals surface area contributed by atoms with E-state index in [1.807, 2.05) is 18.2 Å². The Morgan fingerprint density at radius 1 is 1.15 bits per heavy atom. The Bertz CT molecular complexity index is 604. The van der Waals surface area contributed by atoms with Gasteiger partial charge in [0.15, 0.2) is 11.5 Å². The fourth-order valence-corrected chi connectivity index (χ4v) is 2.28. The summed E-state index contributed by atoms with van der Waals surface area (Å²) in [5.41, 5.74) is 1.81. The Kier molecular flexibility index (Phi) is 5.26. The van der Waals surface area contributed by atoms with Crippen LogP contribution in [-0.2, 0) is 11.9 Å². The van der Waals surface area contributed by atoms with Gasteiger partial charge in [-0.15, -0.1) is 0 Å². The van der Waals surface area contributed by atoms with E-state index in [0.29, 0.717) is 16.5 Å². The predicted octanol–water partition coefficient (Wildman–Crippen LogP) is 4.96. The van der Waals surface area contributed by atoms with Gasteiger partial charge < -0.3 is 9.47 Å². The highest BCUT2D eigenvalue weighted by Crippen LogP contribution is 2.30. The Hall–Kier alpha value is -1.26. The maximum atomic E-state index is 13.0. The summed E-state index contributed by atoms with van der Waals surface area (Å²) in [6.45, 7) is 0.253. The monoisotopic (exact) mass is 358 g/mol. The van der Waals surface area contributed by atoms with Crippen LogP contribution in [0.3, 0.4) is 0 Å². The minimum atomic E-state index is -0.363. The smallest absolute Gasteiger partial charge is 0.161 e. The first-order valence-electron chi connectivity index (χ1n) is 5.93. The molecular formula is C15H13BrClFO2. The molecule has 0 aliphatic carbocycles. The Morgan fingerprint density at radius 2 is 1.95 bits per heavy atom. The van der Waals surface area contributed by atoms with Gasteiger partial charge in [0.25, 0.3) is 0 Å². The number of rotatable bonds is 5. The van der Waals surface area contributed by atoms with Gasteiger partial charge in [0.05, 0.1) is 12.1 Å². The second-order valence-corrected chi connectivity index (χ2v) is 5.11. The Morgan fingerprint density at radius 3 is 2.60 bits per heavy atom.